The summed E-state index contributed by atoms with van der Waals surface area (Å²) in [5, 5.41) is 15.3. The molecule has 10 heteroatoms. The molecule has 7 nitrogen and oxygen atoms in total. The quantitative estimate of drug-likeness (QED) is 0.780. The number of aromatic carboxylic acids is 1. The third-order valence-corrected chi connectivity index (χ3v) is 4.85. The third kappa shape index (κ3) is 3.59. The average molecular weight is 397 g/mol. The van der Waals surface area contributed by atoms with E-state index in [4.69, 9.17) is 9.84 Å². The summed E-state index contributed by atoms with van der Waals surface area (Å²) in [5.41, 5.74) is -2.44. The van der Waals surface area contributed by atoms with E-state index in [0.29, 0.717) is 36.0 Å². The summed E-state index contributed by atoms with van der Waals surface area (Å²) in [7, 11) is 1.52. The molecule has 0 saturated heterocycles. The van der Waals surface area contributed by atoms with Gasteiger partial charge in [0.25, 0.3) is 0 Å². The first-order chi connectivity index (χ1) is 13.2. The maximum absolute atomic E-state index is 13.3. The van der Waals surface area contributed by atoms with Gasteiger partial charge in [-0.1, -0.05) is 6.42 Å². The van der Waals surface area contributed by atoms with Crippen LogP contribution in [0, 0.1) is 5.41 Å². The molecule has 1 aliphatic rings. The highest BCUT2D eigenvalue weighted by molar-refractivity contribution is 5.96. The van der Waals surface area contributed by atoms with Crippen molar-refractivity contribution in [3.63, 3.8) is 0 Å². The Hall–Kier alpha value is -2.88. The Labute approximate surface area is 158 Å². The van der Waals surface area contributed by atoms with Gasteiger partial charge in [-0.05, 0) is 37.1 Å². The number of hydrogen-bond donors (Lipinski definition) is 2. The molecule has 28 heavy (non-hydrogen) atoms. The van der Waals surface area contributed by atoms with Gasteiger partial charge >= 0.3 is 12.1 Å². The lowest BCUT2D eigenvalue weighted by atomic mass is 9.68. The molecule has 1 aliphatic carbocycles. The summed E-state index contributed by atoms with van der Waals surface area (Å²) in [6.45, 7) is 0.303. The van der Waals surface area contributed by atoms with Crippen LogP contribution in [-0.4, -0.2) is 40.5 Å². The minimum atomic E-state index is -4.89. The SMILES string of the molecule is COCC1(C(=O)Nc2ccc(-n3ncc(C(=O)O)c3C(F)(F)F)cc2)CCC1. The monoisotopic (exact) mass is 397 g/mol. The van der Waals surface area contributed by atoms with Crippen LogP contribution in [0.4, 0.5) is 18.9 Å². The number of nitrogens with zero attached hydrogens (tertiary/aromatic N) is 2. The van der Waals surface area contributed by atoms with E-state index in [1.165, 1.54) is 31.4 Å². The number of carbonyl (C=O) groups is 2. The molecule has 0 unspecified atom stereocenters. The molecule has 0 aliphatic heterocycles. The van der Waals surface area contributed by atoms with Gasteiger partial charge in [0.05, 0.1) is 23.9 Å². The number of aromatic nitrogens is 2. The van der Waals surface area contributed by atoms with Crippen LogP contribution in [0.1, 0.15) is 35.3 Å². The number of anilines is 1. The van der Waals surface area contributed by atoms with E-state index >= 15 is 0 Å². The second kappa shape index (κ2) is 7.27. The lowest BCUT2D eigenvalue weighted by Crippen LogP contribution is -2.45. The minimum Gasteiger partial charge on any atom is -0.478 e. The number of nitrogens with one attached hydrogen (secondary N) is 1. The van der Waals surface area contributed by atoms with E-state index in [0.717, 1.165) is 6.42 Å². The number of benzene rings is 1. The number of rotatable bonds is 6. The first-order valence-electron chi connectivity index (χ1n) is 8.47. The molecule has 0 radical (unpaired) electrons. The van der Waals surface area contributed by atoms with E-state index in [1.807, 2.05) is 0 Å². The minimum absolute atomic E-state index is 0.0214. The van der Waals surface area contributed by atoms with Crippen LogP contribution in [0.15, 0.2) is 30.5 Å². The molecule has 1 aromatic heterocycles. The van der Waals surface area contributed by atoms with Gasteiger partial charge in [-0.15, -0.1) is 0 Å². The van der Waals surface area contributed by atoms with Crippen molar-refractivity contribution in [2.24, 2.45) is 5.41 Å². The maximum Gasteiger partial charge on any atom is 0.434 e. The number of amides is 1. The summed E-state index contributed by atoms with van der Waals surface area (Å²) in [5.74, 6) is -1.91. The Bertz CT molecular complexity index is 886. The molecular weight excluding hydrogens is 379 g/mol. The Kier molecular flexibility index (Phi) is 5.16. The molecule has 1 heterocycles. The molecule has 2 N–H and O–H groups in total. The summed E-state index contributed by atoms with van der Waals surface area (Å²) < 4.78 is 45.5. The van der Waals surface area contributed by atoms with Crippen molar-refractivity contribution < 1.29 is 32.6 Å². The standard InChI is InChI=1S/C18H18F3N3O4/c1-28-10-17(7-2-8-17)16(27)23-11-3-5-12(6-4-11)24-14(18(19,20)21)13(9-22-24)15(25)26/h3-6,9H,2,7-8,10H2,1H3,(H,23,27)(H,25,26). The predicted molar refractivity (Wildman–Crippen MR) is 92.3 cm³/mol. The van der Waals surface area contributed by atoms with Crippen molar-refractivity contribution in [3.8, 4) is 5.69 Å². The topological polar surface area (TPSA) is 93.5 Å². The summed E-state index contributed by atoms with van der Waals surface area (Å²) in [4.78, 5) is 23.6. The van der Waals surface area contributed by atoms with E-state index in [9.17, 15) is 22.8 Å². The van der Waals surface area contributed by atoms with Gasteiger partial charge in [-0.2, -0.15) is 18.3 Å². The van der Waals surface area contributed by atoms with Gasteiger partial charge in [0.15, 0.2) is 5.69 Å². The van der Waals surface area contributed by atoms with Crippen LogP contribution >= 0.6 is 0 Å². The molecule has 1 saturated carbocycles. The van der Waals surface area contributed by atoms with Gasteiger partial charge in [-0.3, -0.25) is 4.79 Å². The maximum atomic E-state index is 13.3. The Morgan fingerprint density at radius 1 is 1.29 bits per heavy atom. The second-order valence-electron chi connectivity index (χ2n) is 6.69. The van der Waals surface area contributed by atoms with Crippen molar-refractivity contribution in [1.82, 2.24) is 9.78 Å². The lowest BCUT2D eigenvalue weighted by Gasteiger charge is -2.39. The summed E-state index contributed by atoms with van der Waals surface area (Å²) in [6.07, 6.45) is -1.88. The largest absolute Gasteiger partial charge is 0.478 e. The van der Waals surface area contributed by atoms with E-state index in [-0.39, 0.29) is 11.6 Å². The molecule has 1 amide bonds. The van der Waals surface area contributed by atoms with Crippen molar-refractivity contribution >= 4 is 17.6 Å². The number of hydrogen-bond acceptors (Lipinski definition) is 4. The number of carboxylic acids is 1. The molecule has 3 rings (SSSR count). The van der Waals surface area contributed by atoms with Gasteiger partial charge in [0.2, 0.25) is 5.91 Å². The van der Waals surface area contributed by atoms with Gasteiger partial charge in [0, 0.05) is 12.8 Å². The van der Waals surface area contributed by atoms with Crippen molar-refractivity contribution in [2.45, 2.75) is 25.4 Å². The summed E-state index contributed by atoms with van der Waals surface area (Å²) >= 11 is 0. The highest BCUT2D eigenvalue weighted by Gasteiger charge is 2.44. The fourth-order valence-electron chi connectivity index (χ4n) is 3.24. The number of halogens is 3. The third-order valence-electron chi connectivity index (χ3n) is 4.85. The molecule has 0 spiro atoms. The van der Waals surface area contributed by atoms with Crippen LogP contribution in [-0.2, 0) is 15.7 Å². The fourth-order valence-corrected chi connectivity index (χ4v) is 3.24. The molecule has 1 aromatic carbocycles. The number of methoxy groups -OCH3 is 1. The molecule has 2 aromatic rings. The second-order valence-corrected chi connectivity index (χ2v) is 6.69. The fraction of sp³-hybridized carbons (Fsp3) is 0.389. The zero-order chi connectivity index (χ0) is 20.5. The van der Waals surface area contributed by atoms with E-state index in [1.54, 1.807) is 0 Å². The predicted octanol–water partition coefficient (Wildman–Crippen LogP) is 3.34. The summed E-state index contributed by atoms with van der Waals surface area (Å²) in [6, 6.07) is 5.53. The van der Waals surface area contributed by atoms with Crippen LogP contribution in [0.5, 0.6) is 0 Å². The molecule has 1 fully saturated rings. The highest BCUT2D eigenvalue weighted by atomic mass is 19.4. The Morgan fingerprint density at radius 3 is 2.39 bits per heavy atom. The number of carboxylic acid groups (broad SMARTS) is 1. The Morgan fingerprint density at radius 2 is 1.93 bits per heavy atom. The number of carbonyl (C=O) groups excluding carboxylic acids is 1. The van der Waals surface area contributed by atoms with Gasteiger partial charge < -0.3 is 15.2 Å². The van der Waals surface area contributed by atoms with Crippen molar-refractivity contribution in [3.05, 3.63) is 41.7 Å². The van der Waals surface area contributed by atoms with Crippen LogP contribution < -0.4 is 5.32 Å². The zero-order valence-electron chi connectivity index (χ0n) is 14.9. The van der Waals surface area contributed by atoms with Crippen LogP contribution in [0.25, 0.3) is 5.69 Å². The molecule has 150 valence electrons. The normalized spacial score (nSPS) is 15.7. The van der Waals surface area contributed by atoms with Crippen molar-refractivity contribution in [2.75, 3.05) is 19.0 Å². The van der Waals surface area contributed by atoms with Crippen LogP contribution in [0.2, 0.25) is 0 Å². The van der Waals surface area contributed by atoms with Gasteiger partial charge in [0.1, 0.15) is 5.56 Å². The smallest absolute Gasteiger partial charge is 0.434 e. The zero-order valence-corrected chi connectivity index (χ0v) is 14.9. The number of ether oxygens (including phenoxy) is 1. The van der Waals surface area contributed by atoms with Gasteiger partial charge in [-0.25, -0.2) is 9.48 Å². The lowest BCUT2D eigenvalue weighted by molar-refractivity contribution is -0.143. The van der Waals surface area contributed by atoms with E-state index < -0.39 is 28.8 Å². The average Bonchev–Trinajstić information content (AvgIpc) is 3.04. The highest BCUT2D eigenvalue weighted by Crippen LogP contribution is 2.42. The molecular formula is C18H18F3N3O4. The number of alkyl halides is 3. The molecule has 0 bridgehead atoms. The molecule has 0 atom stereocenters. The van der Waals surface area contributed by atoms with Crippen LogP contribution in [0.3, 0.4) is 0 Å². The first kappa shape index (κ1) is 19.9. The first-order valence-corrected chi connectivity index (χ1v) is 8.47. The Balaban J connectivity index is 1.84. The van der Waals surface area contributed by atoms with E-state index in [2.05, 4.69) is 10.4 Å². The van der Waals surface area contributed by atoms with Crippen molar-refractivity contribution in [1.29, 1.82) is 0 Å².